The Morgan fingerprint density at radius 1 is 1.28 bits per heavy atom. The van der Waals surface area contributed by atoms with Gasteiger partial charge in [-0.1, -0.05) is 0 Å². The van der Waals surface area contributed by atoms with E-state index in [-0.39, 0.29) is 6.10 Å². The van der Waals surface area contributed by atoms with Crippen LogP contribution in [-0.2, 0) is 0 Å². The van der Waals surface area contributed by atoms with Crippen molar-refractivity contribution in [3.8, 4) is 11.6 Å². The van der Waals surface area contributed by atoms with Gasteiger partial charge in [0.15, 0.2) is 5.75 Å². The fourth-order valence-corrected chi connectivity index (χ4v) is 2.19. The van der Waals surface area contributed by atoms with Gasteiger partial charge in [-0.25, -0.2) is 4.98 Å². The second-order valence-electron chi connectivity index (χ2n) is 4.43. The molecule has 1 aliphatic carbocycles. The van der Waals surface area contributed by atoms with Crippen molar-refractivity contribution in [2.24, 2.45) is 0 Å². The summed E-state index contributed by atoms with van der Waals surface area (Å²) >= 11 is 0. The third-order valence-electron chi connectivity index (χ3n) is 3.29. The van der Waals surface area contributed by atoms with Crippen LogP contribution in [0.1, 0.15) is 24.5 Å². The molecule has 1 fully saturated rings. The second kappa shape index (κ2) is 4.68. The molecule has 2 aromatic rings. The summed E-state index contributed by atoms with van der Waals surface area (Å²) in [6, 6.07) is 5.70. The molecule has 1 aliphatic rings. The molecule has 2 heterocycles. The maximum Gasteiger partial charge on any atom is 0.257 e. The molecule has 0 atom stereocenters. The van der Waals surface area contributed by atoms with E-state index in [0.29, 0.717) is 17.5 Å². The van der Waals surface area contributed by atoms with Gasteiger partial charge in [-0.2, -0.15) is 5.10 Å². The summed E-state index contributed by atoms with van der Waals surface area (Å²) in [6.07, 6.45) is 5.68. The van der Waals surface area contributed by atoms with Gasteiger partial charge in [0.1, 0.15) is 6.10 Å². The first-order chi connectivity index (χ1) is 8.86. The van der Waals surface area contributed by atoms with Crippen molar-refractivity contribution < 1.29 is 9.47 Å². The summed E-state index contributed by atoms with van der Waals surface area (Å²) in [4.78, 5) is 4.19. The molecule has 0 bridgehead atoms. The molecule has 0 aliphatic heterocycles. The number of rotatable bonds is 4. The normalized spacial score (nSPS) is 22.3. The van der Waals surface area contributed by atoms with E-state index in [4.69, 9.17) is 9.47 Å². The van der Waals surface area contributed by atoms with E-state index >= 15 is 0 Å². The molecule has 5 nitrogen and oxygen atoms in total. The number of nitrogens with one attached hydrogen (secondary N) is 1. The molecule has 5 heteroatoms. The van der Waals surface area contributed by atoms with Crippen molar-refractivity contribution in [1.82, 2.24) is 15.2 Å². The smallest absolute Gasteiger partial charge is 0.257 e. The zero-order chi connectivity index (χ0) is 12.4. The number of hydrogen-bond acceptors (Lipinski definition) is 4. The SMILES string of the molecule is COc1cccnc1OC1CC(c2ccn[nH]2)C1. The van der Waals surface area contributed by atoms with Gasteiger partial charge in [-0.15, -0.1) is 0 Å². The van der Waals surface area contributed by atoms with Crippen LogP contribution in [0.15, 0.2) is 30.6 Å². The van der Waals surface area contributed by atoms with Gasteiger partial charge in [0.05, 0.1) is 7.11 Å². The number of aromatic amines is 1. The molecule has 0 amide bonds. The van der Waals surface area contributed by atoms with Gasteiger partial charge in [0, 0.05) is 24.0 Å². The van der Waals surface area contributed by atoms with Gasteiger partial charge in [-0.3, -0.25) is 5.10 Å². The quantitative estimate of drug-likeness (QED) is 0.896. The number of pyridine rings is 1. The fourth-order valence-electron chi connectivity index (χ4n) is 2.19. The number of methoxy groups -OCH3 is 1. The molecule has 0 unspecified atom stereocenters. The van der Waals surface area contributed by atoms with Crippen molar-refractivity contribution in [3.05, 3.63) is 36.3 Å². The molecule has 1 saturated carbocycles. The minimum Gasteiger partial charge on any atom is -0.491 e. The van der Waals surface area contributed by atoms with Crippen LogP contribution in [-0.4, -0.2) is 28.4 Å². The Balaban J connectivity index is 1.60. The Labute approximate surface area is 105 Å². The van der Waals surface area contributed by atoms with Crippen LogP contribution < -0.4 is 9.47 Å². The summed E-state index contributed by atoms with van der Waals surface area (Å²) in [5.74, 6) is 1.78. The van der Waals surface area contributed by atoms with E-state index in [0.717, 1.165) is 12.8 Å². The highest BCUT2D eigenvalue weighted by molar-refractivity contribution is 5.32. The van der Waals surface area contributed by atoms with E-state index in [9.17, 15) is 0 Å². The highest BCUT2D eigenvalue weighted by Gasteiger charge is 2.33. The number of nitrogens with zero attached hydrogens (tertiary/aromatic N) is 2. The van der Waals surface area contributed by atoms with Crippen LogP contribution >= 0.6 is 0 Å². The van der Waals surface area contributed by atoms with Crippen molar-refractivity contribution in [2.45, 2.75) is 24.9 Å². The average molecular weight is 245 g/mol. The first-order valence-corrected chi connectivity index (χ1v) is 6.01. The number of hydrogen-bond donors (Lipinski definition) is 1. The third-order valence-corrected chi connectivity index (χ3v) is 3.29. The largest absolute Gasteiger partial charge is 0.491 e. The van der Waals surface area contributed by atoms with E-state index in [1.807, 2.05) is 18.2 Å². The van der Waals surface area contributed by atoms with E-state index < -0.39 is 0 Å². The predicted molar refractivity (Wildman–Crippen MR) is 65.8 cm³/mol. The highest BCUT2D eigenvalue weighted by Crippen LogP contribution is 2.39. The Morgan fingerprint density at radius 3 is 2.89 bits per heavy atom. The molecule has 3 rings (SSSR count). The van der Waals surface area contributed by atoms with Gasteiger partial charge >= 0.3 is 0 Å². The van der Waals surface area contributed by atoms with Crippen molar-refractivity contribution in [3.63, 3.8) is 0 Å². The molecular formula is C13H15N3O2. The lowest BCUT2D eigenvalue weighted by Crippen LogP contribution is -2.32. The van der Waals surface area contributed by atoms with Crippen molar-refractivity contribution in [1.29, 1.82) is 0 Å². The first-order valence-electron chi connectivity index (χ1n) is 6.01. The maximum absolute atomic E-state index is 5.83. The van der Waals surface area contributed by atoms with Crippen molar-refractivity contribution >= 4 is 0 Å². The Kier molecular flexibility index (Phi) is 2.88. The Morgan fingerprint density at radius 2 is 2.17 bits per heavy atom. The minimum absolute atomic E-state index is 0.210. The van der Waals surface area contributed by atoms with E-state index in [1.54, 1.807) is 19.5 Å². The summed E-state index contributed by atoms with van der Waals surface area (Å²) in [5.41, 5.74) is 1.18. The fraction of sp³-hybridized carbons (Fsp3) is 0.385. The molecule has 0 spiro atoms. The number of H-pyrrole nitrogens is 1. The van der Waals surface area contributed by atoms with Gasteiger partial charge in [0.25, 0.3) is 5.88 Å². The topological polar surface area (TPSA) is 60.0 Å². The minimum atomic E-state index is 0.210. The summed E-state index contributed by atoms with van der Waals surface area (Å²) in [6.45, 7) is 0. The van der Waals surface area contributed by atoms with Crippen LogP contribution in [0.25, 0.3) is 0 Å². The summed E-state index contributed by atoms with van der Waals surface area (Å²) < 4.78 is 11.0. The zero-order valence-corrected chi connectivity index (χ0v) is 10.2. The van der Waals surface area contributed by atoms with Crippen LogP contribution in [0.5, 0.6) is 11.6 Å². The highest BCUT2D eigenvalue weighted by atomic mass is 16.5. The van der Waals surface area contributed by atoms with E-state index in [2.05, 4.69) is 15.2 Å². The van der Waals surface area contributed by atoms with Crippen molar-refractivity contribution in [2.75, 3.05) is 7.11 Å². The monoisotopic (exact) mass is 245 g/mol. The molecule has 1 N–H and O–H groups in total. The molecule has 0 aromatic carbocycles. The zero-order valence-electron chi connectivity index (χ0n) is 10.2. The van der Waals surface area contributed by atoms with E-state index in [1.165, 1.54) is 5.69 Å². The van der Waals surface area contributed by atoms with Crippen LogP contribution in [0.3, 0.4) is 0 Å². The van der Waals surface area contributed by atoms with Crippen LogP contribution in [0.2, 0.25) is 0 Å². The molecule has 18 heavy (non-hydrogen) atoms. The van der Waals surface area contributed by atoms with Gasteiger partial charge < -0.3 is 9.47 Å². The third kappa shape index (κ3) is 2.03. The van der Waals surface area contributed by atoms with Gasteiger partial charge in [0.2, 0.25) is 0 Å². The molecule has 94 valence electrons. The maximum atomic E-state index is 5.83. The Hall–Kier alpha value is -2.04. The standard InChI is InChI=1S/C13H15N3O2/c1-17-12-3-2-5-14-13(12)18-10-7-9(8-10)11-4-6-15-16-11/h2-6,9-10H,7-8H2,1H3,(H,15,16). The molecular weight excluding hydrogens is 230 g/mol. The summed E-state index contributed by atoms with van der Waals surface area (Å²) in [7, 11) is 1.62. The lowest BCUT2D eigenvalue weighted by Gasteiger charge is -2.34. The van der Waals surface area contributed by atoms with Gasteiger partial charge in [-0.05, 0) is 31.0 Å². The number of aromatic nitrogens is 3. The lowest BCUT2D eigenvalue weighted by atomic mass is 9.80. The molecule has 2 aromatic heterocycles. The average Bonchev–Trinajstić information content (AvgIpc) is 2.87. The second-order valence-corrected chi connectivity index (χ2v) is 4.43. The van der Waals surface area contributed by atoms with Crippen LogP contribution in [0.4, 0.5) is 0 Å². The van der Waals surface area contributed by atoms with Crippen LogP contribution in [0, 0.1) is 0 Å². The predicted octanol–water partition coefficient (Wildman–Crippen LogP) is 2.14. The molecule has 0 radical (unpaired) electrons. The first kappa shape index (κ1) is 11.1. The Bertz CT molecular complexity index is 507. The lowest BCUT2D eigenvalue weighted by molar-refractivity contribution is 0.0884. The summed E-state index contributed by atoms with van der Waals surface area (Å²) in [5, 5.41) is 6.96. The molecule has 0 saturated heterocycles. The number of ether oxygens (including phenoxy) is 2.